The fourth-order valence-electron chi connectivity index (χ4n) is 3.94. The number of amides is 1. The van der Waals surface area contributed by atoms with Crippen LogP contribution in [0.5, 0.6) is 0 Å². The molecule has 0 aromatic heterocycles. The fourth-order valence-corrected chi connectivity index (χ4v) is 3.94. The number of halogens is 1. The van der Waals surface area contributed by atoms with Gasteiger partial charge >= 0.3 is 0 Å². The average molecular weight is 429 g/mol. The molecule has 0 saturated heterocycles. The largest absolute Gasteiger partial charge is 0.350 e. The molecule has 1 rings (SSSR count). The Bertz CT molecular complexity index is 654. The van der Waals surface area contributed by atoms with Crippen molar-refractivity contribution >= 4 is 5.91 Å². The van der Waals surface area contributed by atoms with Crippen molar-refractivity contribution < 1.29 is 9.18 Å². The van der Waals surface area contributed by atoms with E-state index in [1.54, 1.807) is 0 Å². The van der Waals surface area contributed by atoms with Crippen molar-refractivity contribution in [3.8, 4) is 0 Å². The molecule has 2 N–H and O–H groups in total. The maximum absolute atomic E-state index is 13.1. The van der Waals surface area contributed by atoms with Gasteiger partial charge in [0.05, 0.1) is 5.54 Å². The highest BCUT2D eigenvalue weighted by Gasteiger charge is 2.27. The SMILES string of the molecule is C=CCC(CC=C)(CC=C)NC(=O)CCCCCC(NCc1ccc(F)cc1)C(C)C. The smallest absolute Gasteiger partial charge is 0.220 e. The minimum Gasteiger partial charge on any atom is -0.350 e. The van der Waals surface area contributed by atoms with E-state index >= 15 is 0 Å². The first kappa shape index (κ1) is 26.8. The van der Waals surface area contributed by atoms with Gasteiger partial charge in [0, 0.05) is 19.0 Å². The van der Waals surface area contributed by atoms with Gasteiger partial charge in [0.1, 0.15) is 5.82 Å². The maximum Gasteiger partial charge on any atom is 0.220 e. The van der Waals surface area contributed by atoms with Crippen LogP contribution in [0.2, 0.25) is 0 Å². The second-order valence-corrected chi connectivity index (χ2v) is 8.76. The van der Waals surface area contributed by atoms with E-state index in [0.717, 1.165) is 37.8 Å². The standard InChI is InChI=1S/C27H41FN2O/c1-6-18-27(19-7-2,20-8-3)30-26(31)13-11-9-10-12-25(22(4)5)29-21-23-14-16-24(28)17-15-23/h6-8,14-17,22,25,29H,1-3,9-13,18-21H2,4-5H3,(H,30,31). The van der Waals surface area contributed by atoms with Crippen LogP contribution in [0.25, 0.3) is 0 Å². The van der Waals surface area contributed by atoms with Gasteiger partial charge in [-0.3, -0.25) is 4.79 Å². The van der Waals surface area contributed by atoms with Gasteiger partial charge in [0.15, 0.2) is 0 Å². The van der Waals surface area contributed by atoms with Gasteiger partial charge in [-0.2, -0.15) is 0 Å². The van der Waals surface area contributed by atoms with Crippen LogP contribution in [-0.2, 0) is 11.3 Å². The number of nitrogens with one attached hydrogen (secondary N) is 2. The monoisotopic (exact) mass is 428 g/mol. The van der Waals surface area contributed by atoms with Gasteiger partial charge in [-0.1, -0.05) is 57.0 Å². The molecule has 0 aliphatic carbocycles. The van der Waals surface area contributed by atoms with Gasteiger partial charge in [0.25, 0.3) is 0 Å². The second-order valence-electron chi connectivity index (χ2n) is 8.76. The molecule has 0 heterocycles. The minimum absolute atomic E-state index is 0.0837. The van der Waals surface area contributed by atoms with E-state index in [4.69, 9.17) is 0 Å². The van der Waals surface area contributed by atoms with Gasteiger partial charge in [-0.15, -0.1) is 19.7 Å². The third-order valence-corrected chi connectivity index (χ3v) is 5.72. The van der Waals surface area contributed by atoms with Gasteiger partial charge in [-0.25, -0.2) is 4.39 Å². The zero-order valence-corrected chi connectivity index (χ0v) is 19.5. The highest BCUT2D eigenvalue weighted by Crippen LogP contribution is 2.22. The minimum atomic E-state index is -0.352. The Labute approximate surface area is 188 Å². The lowest BCUT2D eigenvalue weighted by Crippen LogP contribution is -2.47. The van der Waals surface area contributed by atoms with Crippen LogP contribution in [0, 0.1) is 11.7 Å². The lowest BCUT2D eigenvalue weighted by molar-refractivity contribution is -0.123. The predicted octanol–water partition coefficient (Wildman–Crippen LogP) is 6.47. The van der Waals surface area contributed by atoms with Crippen molar-refractivity contribution in [3.05, 3.63) is 73.6 Å². The molecule has 31 heavy (non-hydrogen) atoms. The molecule has 4 heteroatoms. The van der Waals surface area contributed by atoms with Crippen LogP contribution in [0.4, 0.5) is 4.39 Å². The van der Waals surface area contributed by atoms with Crippen molar-refractivity contribution in [3.63, 3.8) is 0 Å². The summed E-state index contributed by atoms with van der Waals surface area (Å²) in [5.74, 6) is 0.394. The summed E-state index contributed by atoms with van der Waals surface area (Å²) in [7, 11) is 0. The molecular weight excluding hydrogens is 387 g/mol. The molecule has 3 nitrogen and oxygen atoms in total. The molecule has 0 bridgehead atoms. The number of unbranched alkanes of at least 4 members (excludes halogenated alkanes) is 2. The van der Waals surface area contributed by atoms with E-state index in [0.29, 0.717) is 37.6 Å². The van der Waals surface area contributed by atoms with E-state index in [9.17, 15) is 9.18 Å². The van der Waals surface area contributed by atoms with E-state index in [-0.39, 0.29) is 17.3 Å². The molecule has 0 fully saturated rings. The molecule has 0 aliphatic heterocycles. The van der Waals surface area contributed by atoms with Gasteiger partial charge in [0.2, 0.25) is 5.91 Å². The van der Waals surface area contributed by atoms with Gasteiger partial charge < -0.3 is 10.6 Å². The Kier molecular flexibility index (Phi) is 12.8. The maximum atomic E-state index is 13.1. The summed E-state index contributed by atoms with van der Waals surface area (Å²) in [6, 6.07) is 7.05. The summed E-state index contributed by atoms with van der Waals surface area (Å²) in [6.07, 6.45) is 12.2. The molecule has 1 aromatic carbocycles. The van der Waals surface area contributed by atoms with Crippen LogP contribution in [0.15, 0.2) is 62.2 Å². The number of hydrogen-bond donors (Lipinski definition) is 2. The molecule has 0 saturated carbocycles. The Morgan fingerprint density at radius 2 is 1.58 bits per heavy atom. The summed E-state index contributed by atoms with van der Waals surface area (Å²) in [6.45, 7) is 16.7. The molecule has 1 aromatic rings. The second kappa shape index (κ2) is 14.7. The number of benzene rings is 1. The fraction of sp³-hybridized carbons (Fsp3) is 0.519. The number of carbonyl (C=O) groups is 1. The van der Waals surface area contributed by atoms with Crippen LogP contribution in [0.3, 0.4) is 0 Å². The molecule has 1 atom stereocenters. The summed E-state index contributed by atoms with van der Waals surface area (Å²) in [5, 5.41) is 6.80. The van der Waals surface area contributed by atoms with Crippen LogP contribution < -0.4 is 10.6 Å². The van der Waals surface area contributed by atoms with Crippen LogP contribution in [-0.4, -0.2) is 17.5 Å². The Morgan fingerprint density at radius 3 is 2.10 bits per heavy atom. The normalized spacial score (nSPS) is 12.4. The third kappa shape index (κ3) is 10.6. The number of carbonyl (C=O) groups excluding carboxylic acids is 1. The van der Waals surface area contributed by atoms with E-state index < -0.39 is 0 Å². The summed E-state index contributed by atoms with van der Waals surface area (Å²) in [5.41, 5.74) is 0.737. The third-order valence-electron chi connectivity index (χ3n) is 5.72. The molecule has 0 radical (unpaired) electrons. The summed E-state index contributed by atoms with van der Waals surface area (Å²) >= 11 is 0. The Balaban J connectivity index is 2.39. The van der Waals surface area contributed by atoms with Crippen molar-refractivity contribution in [2.75, 3.05) is 0 Å². The van der Waals surface area contributed by atoms with Crippen molar-refractivity contribution in [1.82, 2.24) is 10.6 Å². The zero-order valence-electron chi connectivity index (χ0n) is 19.5. The highest BCUT2D eigenvalue weighted by molar-refractivity contribution is 5.76. The first-order valence-corrected chi connectivity index (χ1v) is 11.5. The van der Waals surface area contributed by atoms with Crippen LogP contribution >= 0.6 is 0 Å². The lowest BCUT2D eigenvalue weighted by atomic mass is 9.87. The van der Waals surface area contributed by atoms with E-state index in [1.807, 2.05) is 30.4 Å². The first-order valence-electron chi connectivity index (χ1n) is 11.5. The van der Waals surface area contributed by atoms with Crippen LogP contribution in [0.1, 0.15) is 70.8 Å². The summed E-state index contributed by atoms with van der Waals surface area (Å²) in [4.78, 5) is 12.5. The molecule has 0 aliphatic rings. The summed E-state index contributed by atoms with van der Waals surface area (Å²) < 4.78 is 13.1. The topological polar surface area (TPSA) is 41.1 Å². The van der Waals surface area contributed by atoms with Gasteiger partial charge in [-0.05, 0) is 55.7 Å². The number of hydrogen-bond acceptors (Lipinski definition) is 2. The quantitative estimate of drug-likeness (QED) is 0.220. The zero-order chi connectivity index (χ0) is 23.1. The average Bonchev–Trinajstić information content (AvgIpc) is 2.71. The first-order chi connectivity index (χ1) is 14.9. The Hall–Kier alpha value is -2.20. The lowest BCUT2D eigenvalue weighted by Gasteiger charge is -2.32. The molecule has 1 unspecified atom stereocenters. The van der Waals surface area contributed by atoms with E-state index in [2.05, 4.69) is 44.2 Å². The highest BCUT2D eigenvalue weighted by atomic mass is 19.1. The molecule has 0 spiro atoms. The molecule has 1 amide bonds. The molecule has 172 valence electrons. The molecular formula is C27H41FN2O. The predicted molar refractivity (Wildman–Crippen MR) is 130 cm³/mol. The van der Waals surface area contributed by atoms with Crippen molar-refractivity contribution in [2.24, 2.45) is 5.92 Å². The Morgan fingerprint density at radius 1 is 1.00 bits per heavy atom. The van der Waals surface area contributed by atoms with Crippen molar-refractivity contribution in [2.45, 2.75) is 83.3 Å². The number of rotatable bonds is 17. The van der Waals surface area contributed by atoms with Crippen molar-refractivity contribution in [1.29, 1.82) is 0 Å². The van der Waals surface area contributed by atoms with E-state index in [1.165, 1.54) is 12.1 Å².